The Morgan fingerprint density at radius 2 is 1.91 bits per heavy atom. The standard InChI is InChI=1S/C6H12N2O3/c1-4(2)11-6(10)8-5(9)7-3/h4H,1-3H3,(H2,7,8,9,10). The first-order valence-electron chi connectivity index (χ1n) is 3.25. The molecular weight excluding hydrogens is 148 g/mol. The number of urea groups is 1. The van der Waals surface area contributed by atoms with E-state index in [9.17, 15) is 9.59 Å². The van der Waals surface area contributed by atoms with E-state index in [1.54, 1.807) is 13.8 Å². The van der Waals surface area contributed by atoms with Gasteiger partial charge in [-0.1, -0.05) is 0 Å². The van der Waals surface area contributed by atoms with Crippen LogP contribution in [0.3, 0.4) is 0 Å². The second-order valence-electron chi connectivity index (χ2n) is 2.16. The van der Waals surface area contributed by atoms with Crippen molar-refractivity contribution in [1.82, 2.24) is 10.6 Å². The minimum atomic E-state index is -0.737. The molecule has 0 aromatic rings. The number of hydrogen-bond acceptors (Lipinski definition) is 3. The number of imide groups is 1. The van der Waals surface area contributed by atoms with Crippen molar-refractivity contribution >= 4 is 12.1 Å². The van der Waals surface area contributed by atoms with Gasteiger partial charge in [0.05, 0.1) is 6.10 Å². The third-order valence-electron chi connectivity index (χ3n) is 0.785. The molecule has 0 aromatic heterocycles. The molecule has 0 bridgehead atoms. The molecule has 5 nitrogen and oxygen atoms in total. The molecule has 2 N–H and O–H groups in total. The fourth-order valence-corrected chi connectivity index (χ4v) is 0.399. The highest BCUT2D eigenvalue weighted by molar-refractivity contribution is 5.90. The lowest BCUT2D eigenvalue weighted by Gasteiger charge is -2.07. The molecule has 11 heavy (non-hydrogen) atoms. The van der Waals surface area contributed by atoms with Crippen LogP contribution in [0.25, 0.3) is 0 Å². The maximum absolute atomic E-state index is 10.6. The third-order valence-corrected chi connectivity index (χ3v) is 0.785. The van der Waals surface area contributed by atoms with Gasteiger partial charge in [-0.3, -0.25) is 0 Å². The number of carbonyl (C=O) groups excluding carboxylic acids is 2. The third kappa shape index (κ3) is 5.20. The van der Waals surface area contributed by atoms with Crippen LogP contribution in [0.1, 0.15) is 13.8 Å². The van der Waals surface area contributed by atoms with Crippen molar-refractivity contribution in [3.05, 3.63) is 0 Å². The monoisotopic (exact) mass is 160 g/mol. The number of hydrogen-bond donors (Lipinski definition) is 2. The topological polar surface area (TPSA) is 67.4 Å². The Hall–Kier alpha value is -1.26. The van der Waals surface area contributed by atoms with E-state index in [0.717, 1.165) is 0 Å². The summed E-state index contributed by atoms with van der Waals surface area (Å²) in [4.78, 5) is 21.1. The van der Waals surface area contributed by atoms with Crippen LogP contribution in [0.4, 0.5) is 9.59 Å². The maximum Gasteiger partial charge on any atom is 0.415 e. The summed E-state index contributed by atoms with van der Waals surface area (Å²) in [5, 5.41) is 4.17. The fourth-order valence-electron chi connectivity index (χ4n) is 0.399. The zero-order valence-electron chi connectivity index (χ0n) is 6.80. The summed E-state index contributed by atoms with van der Waals surface area (Å²) in [6, 6.07) is -0.573. The van der Waals surface area contributed by atoms with Crippen LogP contribution < -0.4 is 10.6 Å². The molecule has 0 aliphatic carbocycles. The number of ether oxygens (including phenoxy) is 1. The van der Waals surface area contributed by atoms with Gasteiger partial charge in [-0.05, 0) is 13.8 Å². The summed E-state index contributed by atoms with van der Waals surface area (Å²) in [5.41, 5.74) is 0. The molecular formula is C6H12N2O3. The van der Waals surface area contributed by atoms with E-state index < -0.39 is 12.1 Å². The zero-order valence-corrected chi connectivity index (χ0v) is 6.80. The Labute approximate surface area is 65.1 Å². The van der Waals surface area contributed by atoms with Crippen molar-refractivity contribution in [3.63, 3.8) is 0 Å². The summed E-state index contributed by atoms with van der Waals surface area (Å²) in [6.07, 6.45) is -0.959. The predicted octanol–water partition coefficient (Wildman–Crippen LogP) is 0.460. The normalized spacial score (nSPS) is 9.09. The molecule has 0 atom stereocenters. The quantitative estimate of drug-likeness (QED) is 0.585. The summed E-state index contributed by atoms with van der Waals surface area (Å²) in [5.74, 6) is 0. The SMILES string of the molecule is CNC(=O)NC(=O)OC(C)C. The van der Waals surface area contributed by atoms with Crippen LogP contribution in [0.5, 0.6) is 0 Å². The van der Waals surface area contributed by atoms with Gasteiger partial charge in [0.2, 0.25) is 0 Å². The van der Waals surface area contributed by atoms with Gasteiger partial charge in [-0.25, -0.2) is 14.9 Å². The molecule has 0 aliphatic heterocycles. The molecule has 0 radical (unpaired) electrons. The lowest BCUT2D eigenvalue weighted by atomic mass is 10.5. The first kappa shape index (κ1) is 9.74. The van der Waals surface area contributed by atoms with E-state index in [1.807, 2.05) is 5.32 Å². The van der Waals surface area contributed by atoms with Gasteiger partial charge in [0.15, 0.2) is 0 Å². The average Bonchev–Trinajstić information content (AvgIpc) is 1.85. The highest BCUT2D eigenvalue weighted by Crippen LogP contribution is 1.87. The first-order chi connectivity index (χ1) is 5.06. The molecule has 0 rings (SSSR count). The summed E-state index contributed by atoms with van der Waals surface area (Å²) in [6.45, 7) is 3.40. The van der Waals surface area contributed by atoms with Gasteiger partial charge in [-0.2, -0.15) is 0 Å². The number of amides is 3. The van der Waals surface area contributed by atoms with Crippen LogP contribution in [0, 0.1) is 0 Å². The maximum atomic E-state index is 10.6. The summed E-state index contributed by atoms with van der Waals surface area (Å²) in [7, 11) is 1.41. The van der Waals surface area contributed by atoms with Gasteiger partial charge >= 0.3 is 12.1 Å². The summed E-state index contributed by atoms with van der Waals surface area (Å²) < 4.78 is 4.61. The number of carbonyl (C=O) groups is 2. The van der Waals surface area contributed by atoms with Crippen LogP contribution in [0.15, 0.2) is 0 Å². The molecule has 0 aromatic carbocycles. The van der Waals surface area contributed by atoms with Crippen molar-refractivity contribution < 1.29 is 14.3 Å². The molecule has 0 saturated carbocycles. The molecule has 3 amide bonds. The van der Waals surface area contributed by atoms with E-state index in [2.05, 4.69) is 10.1 Å². The van der Waals surface area contributed by atoms with Crippen LogP contribution >= 0.6 is 0 Å². The highest BCUT2D eigenvalue weighted by Gasteiger charge is 2.07. The summed E-state index contributed by atoms with van der Waals surface area (Å²) >= 11 is 0. The lowest BCUT2D eigenvalue weighted by Crippen LogP contribution is -2.38. The molecule has 0 saturated heterocycles. The second kappa shape index (κ2) is 4.54. The molecule has 0 spiro atoms. The minimum Gasteiger partial charge on any atom is -0.446 e. The molecule has 64 valence electrons. The molecule has 0 aliphatic rings. The van der Waals surface area contributed by atoms with Crippen LogP contribution in [-0.4, -0.2) is 25.3 Å². The Morgan fingerprint density at radius 1 is 1.36 bits per heavy atom. The van der Waals surface area contributed by atoms with Crippen molar-refractivity contribution in [3.8, 4) is 0 Å². The van der Waals surface area contributed by atoms with E-state index in [-0.39, 0.29) is 6.10 Å². The Bertz CT molecular complexity index is 156. The Kier molecular flexibility index (Phi) is 4.02. The van der Waals surface area contributed by atoms with E-state index >= 15 is 0 Å². The van der Waals surface area contributed by atoms with Crippen molar-refractivity contribution in [1.29, 1.82) is 0 Å². The first-order valence-corrected chi connectivity index (χ1v) is 3.25. The van der Waals surface area contributed by atoms with Gasteiger partial charge < -0.3 is 10.1 Å². The molecule has 5 heteroatoms. The highest BCUT2D eigenvalue weighted by atomic mass is 16.6. The average molecular weight is 160 g/mol. The van der Waals surface area contributed by atoms with E-state index in [0.29, 0.717) is 0 Å². The van der Waals surface area contributed by atoms with Crippen molar-refractivity contribution in [2.24, 2.45) is 0 Å². The van der Waals surface area contributed by atoms with Crippen molar-refractivity contribution in [2.45, 2.75) is 20.0 Å². The minimum absolute atomic E-state index is 0.223. The predicted molar refractivity (Wildman–Crippen MR) is 39.2 cm³/mol. The Morgan fingerprint density at radius 3 is 2.27 bits per heavy atom. The van der Waals surface area contributed by atoms with Crippen LogP contribution in [0.2, 0.25) is 0 Å². The largest absolute Gasteiger partial charge is 0.446 e. The van der Waals surface area contributed by atoms with Crippen molar-refractivity contribution in [2.75, 3.05) is 7.05 Å². The smallest absolute Gasteiger partial charge is 0.415 e. The Balaban J connectivity index is 3.61. The molecule has 0 fully saturated rings. The van der Waals surface area contributed by atoms with Gasteiger partial charge in [0, 0.05) is 7.05 Å². The molecule has 0 unspecified atom stereocenters. The zero-order chi connectivity index (χ0) is 8.85. The van der Waals surface area contributed by atoms with Crippen LogP contribution in [-0.2, 0) is 4.74 Å². The van der Waals surface area contributed by atoms with E-state index in [1.165, 1.54) is 7.05 Å². The number of alkyl carbamates (subject to hydrolysis) is 1. The fraction of sp³-hybridized carbons (Fsp3) is 0.667. The number of nitrogens with one attached hydrogen (secondary N) is 2. The van der Waals surface area contributed by atoms with Gasteiger partial charge in [0.25, 0.3) is 0 Å². The van der Waals surface area contributed by atoms with Gasteiger partial charge in [-0.15, -0.1) is 0 Å². The number of rotatable bonds is 1. The van der Waals surface area contributed by atoms with Gasteiger partial charge in [0.1, 0.15) is 0 Å². The second-order valence-corrected chi connectivity index (χ2v) is 2.16. The van der Waals surface area contributed by atoms with E-state index in [4.69, 9.17) is 0 Å². The lowest BCUT2D eigenvalue weighted by molar-refractivity contribution is 0.117. The molecule has 0 heterocycles.